The molecule has 100 valence electrons. The van der Waals surface area contributed by atoms with Crippen molar-refractivity contribution in [3.63, 3.8) is 0 Å². The van der Waals surface area contributed by atoms with Crippen LogP contribution in [0.1, 0.15) is 19.4 Å². The Morgan fingerprint density at radius 3 is 2.61 bits per heavy atom. The Bertz CT molecular complexity index is 431. The number of benzene rings is 1. The molecule has 1 fully saturated rings. The lowest BCUT2D eigenvalue weighted by atomic mass is 9.99. The molecule has 4 heteroatoms. The summed E-state index contributed by atoms with van der Waals surface area (Å²) < 4.78 is 1.11. The minimum absolute atomic E-state index is 0.220. The maximum atomic E-state index is 5.69. The Morgan fingerprint density at radius 2 is 2.06 bits per heavy atom. The van der Waals surface area contributed by atoms with E-state index in [1.54, 1.807) is 0 Å². The molecule has 1 aromatic rings. The zero-order valence-corrected chi connectivity index (χ0v) is 13.0. The van der Waals surface area contributed by atoms with Crippen LogP contribution < -0.4 is 10.6 Å². The standard InChI is InChI=1S/C14H22BrN3/c1-14(2)10-18(7-6-17(14)3)12-5-4-11(9-16)13(15)8-12/h4-5,8H,6-7,9-10,16H2,1-3H3. The van der Waals surface area contributed by atoms with Crippen molar-refractivity contribution in [3.8, 4) is 0 Å². The number of hydrogen-bond acceptors (Lipinski definition) is 3. The summed E-state index contributed by atoms with van der Waals surface area (Å²) in [7, 11) is 2.20. The van der Waals surface area contributed by atoms with Crippen LogP contribution in [-0.4, -0.2) is 37.1 Å². The van der Waals surface area contributed by atoms with Crippen LogP contribution in [0, 0.1) is 0 Å². The second-order valence-corrected chi connectivity index (χ2v) is 6.49. The number of nitrogens with zero attached hydrogens (tertiary/aromatic N) is 2. The average molecular weight is 312 g/mol. The number of likely N-dealkylation sites (N-methyl/N-ethyl adjacent to an activating group) is 1. The van der Waals surface area contributed by atoms with Crippen molar-refractivity contribution in [2.24, 2.45) is 5.73 Å². The fourth-order valence-corrected chi connectivity index (χ4v) is 2.89. The molecule has 2 rings (SSSR count). The van der Waals surface area contributed by atoms with Gasteiger partial charge >= 0.3 is 0 Å². The fourth-order valence-electron chi connectivity index (χ4n) is 2.36. The monoisotopic (exact) mass is 311 g/mol. The number of hydrogen-bond donors (Lipinski definition) is 1. The van der Waals surface area contributed by atoms with Crippen molar-refractivity contribution < 1.29 is 0 Å². The fraction of sp³-hybridized carbons (Fsp3) is 0.571. The van der Waals surface area contributed by atoms with E-state index < -0.39 is 0 Å². The smallest absolute Gasteiger partial charge is 0.0378 e. The summed E-state index contributed by atoms with van der Waals surface area (Å²) in [5.41, 5.74) is 8.35. The second-order valence-electron chi connectivity index (χ2n) is 5.64. The Kier molecular flexibility index (Phi) is 3.99. The van der Waals surface area contributed by atoms with Crippen molar-refractivity contribution in [1.82, 2.24) is 4.90 Å². The van der Waals surface area contributed by atoms with Gasteiger partial charge in [0.15, 0.2) is 0 Å². The third-order valence-corrected chi connectivity index (χ3v) is 4.68. The van der Waals surface area contributed by atoms with Crippen molar-refractivity contribution in [1.29, 1.82) is 0 Å². The molecule has 0 aliphatic carbocycles. The van der Waals surface area contributed by atoms with E-state index in [2.05, 4.69) is 64.8 Å². The van der Waals surface area contributed by atoms with Crippen LogP contribution in [0.5, 0.6) is 0 Å². The van der Waals surface area contributed by atoms with Gasteiger partial charge in [-0.15, -0.1) is 0 Å². The highest BCUT2D eigenvalue weighted by atomic mass is 79.9. The molecule has 1 aliphatic heterocycles. The molecular formula is C14H22BrN3. The molecule has 1 aliphatic rings. The third-order valence-electron chi connectivity index (χ3n) is 3.94. The minimum atomic E-state index is 0.220. The first-order valence-electron chi connectivity index (χ1n) is 6.39. The molecule has 0 aromatic heterocycles. The number of nitrogens with two attached hydrogens (primary N) is 1. The Labute approximate surface area is 118 Å². The molecule has 0 radical (unpaired) electrons. The van der Waals surface area contributed by atoms with Gasteiger partial charge in [0.1, 0.15) is 0 Å². The summed E-state index contributed by atoms with van der Waals surface area (Å²) in [6.07, 6.45) is 0. The van der Waals surface area contributed by atoms with E-state index in [1.807, 2.05) is 0 Å². The molecule has 2 N–H and O–H groups in total. The largest absolute Gasteiger partial charge is 0.368 e. The molecule has 0 unspecified atom stereocenters. The number of halogens is 1. The summed E-state index contributed by atoms with van der Waals surface area (Å²) in [5.74, 6) is 0. The van der Waals surface area contributed by atoms with Gasteiger partial charge in [0.25, 0.3) is 0 Å². The van der Waals surface area contributed by atoms with Gasteiger partial charge in [-0.1, -0.05) is 22.0 Å². The third kappa shape index (κ3) is 2.71. The van der Waals surface area contributed by atoms with E-state index in [1.165, 1.54) is 5.69 Å². The van der Waals surface area contributed by atoms with E-state index in [9.17, 15) is 0 Å². The Balaban J connectivity index is 2.20. The lowest BCUT2D eigenvalue weighted by Crippen LogP contribution is -2.57. The molecule has 0 spiro atoms. The van der Waals surface area contributed by atoms with Gasteiger partial charge in [0, 0.05) is 41.9 Å². The van der Waals surface area contributed by atoms with Gasteiger partial charge in [-0.05, 0) is 38.6 Å². The zero-order valence-electron chi connectivity index (χ0n) is 11.4. The summed E-state index contributed by atoms with van der Waals surface area (Å²) in [6, 6.07) is 6.47. The van der Waals surface area contributed by atoms with Gasteiger partial charge in [-0.25, -0.2) is 0 Å². The maximum Gasteiger partial charge on any atom is 0.0378 e. The first-order chi connectivity index (χ1) is 8.44. The van der Waals surface area contributed by atoms with Gasteiger partial charge in [0.05, 0.1) is 0 Å². The predicted molar refractivity (Wildman–Crippen MR) is 81.0 cm³/mol. The summed E-state index contributed by atoms with van der Waals surface area (Å²) in [5, 5.41) is 0. The molecule has 3 nitrogen and oxygen atoms in total. The van der Waals surface area contributed by atoms with Gasteiger partial charge in [-0.2, -0.15) is 0 Å². The van der Waals surface area contributed by atoms with Crippen LogP contribution in [0.4, 0.5) is 5.69 Å². The minimum Gasteiger partial charge on any atom is -0.368 e. The van der Waals surface area contributed by atoms with Crippen molar-refractivity contribution in [3.05, 3.63) is 28.2 Å². The van der Waals surface area contributed by atoms with Crippen LogP contribution in [0.2, 0.25) is 0 Å². The highest BCUT2D eigenvalue weighted by Crippen LogP contribution is 2.28. The molecule has 18 heavy (non-hydrogen) atoms. The summed E-state index contributed by atoms with van der Waals surface area (Å²) in [4.78, 5) is 4.87. The van der Waals surface area contributed by atoms with E-state index in [-0.39, 0.29) is 5.54 Å². The van der Waals surface area contributed by atoms with Crippen LogP contribution in [0.15, 0.2) is 22.7 Å². The molecular weight excluding hydrogens is 290 g/mol. The quantitative estimate of drug-likeness (QED) is 0.910. The molecule has 0 atom stereocenters. The zero-order chi connectivity index (χ0) is 13.3. The SMILES string of the molecule is CN1CCN(c2ccc(CN)c(Br)c2)CC1(C)C. The lowest BCUT2D eigenvalue weighted by Gasteiger charge is -2.46. The van der Waals surface area contributed by atoms with Crippen LogP contribution in [-0.2, 0) is 6.54 Å². The molecule has 0 amide bonds. The molecule has 0 bridgehead atoms. The Morgan fingerprint density at radius 1 is 1.33 bits per heavy atom. The van der Waals surface area contributed by atoms with Crippen molar-refractivity contribution in [2.45, 2.75) is 25.9 Å². The Hall–Kier alpha value is -0.580. The van der Waals surface area contributed by atoms with Crippen LogP contribution >= 0.6 is 15.9 Å². The van der Waals surface area contributed by atoms with Crippen molar-refractivity contribution in [2.75, 3.05) is 31.6 Å². The number of rotatable bonds is 2. The van der Waals surface area contributed by atoms with E-state index in [0.29, 0.717) is 6.54 Å². The highest BCUT2D eigenvalue weighted by Gasteiger charge is 2.31. The van der Waals surface area contributed by atoms with Gasteiger partial charge < -0.3 is 10.6 Å². The number of anilines is 1. The summed E-state index contributed by atoms with van der Waals surface area (Å²) in [6.45, 7) is 8.40. The maximum absolute atomic E-state index is 5.69. The van der Waals surface area contributed by atoms with Crippen LogP contribution in [0.3, 0.4) is 0 Å². The highest BCUT2D eigenvalue weighted by molar-refractivity contribution is 9.10. The molecule has 1 aromatic carbocycles. The normalized spacial score (nSPS) is 20.2. The summed E-state index contributed by atoms with van der Waals surface area (Å²) >= 11 is 3.60. The second kappa shape index (κ2) is 5.19. The van der Waals surface area contributed by atoms with Gasteiger partial charge in [0.2, 0.25) is 0 Å². The van der Waals surface area contributed by atoms with Crippen LogP contribution in [0.25, 0.3) is 0 Å². The number of piperazine rings is 1. The lowest BCUT2D eigenvalue weighted by molar-refractivity contribution is 0.139. The van der Waals surface area contributed by atoms with Gasteiger partial charge in [-0.3, -0.25) is 4.90 Å². The van der Waals surface area contributed by atoms with E-state index in [0.717, 1.165) is 29.7 Å². The predicted octanol–water partition coefficient (Wildman–Crippen LogP) is 2.44. The van der Waals surface area contributed by atoms with Crippen molar-refractivity contribution >= 4 is 21.6 Å². The average Bonchev–Trinajstić information content (AvgIpc) is 2.32. The van der Waals surface area contributed by atoms with E-state index >= 15 is 0 Å². The first kappa shape index (κ1) is 13.8. The molecule has 1 saturated heterocycles. The molecule has 0 saturated carbocycles. The van der Waals surface area contributed by atoms with E-state index in [4.69, 9.17) is 5.73 Å². The molecule has 1 heterocycles. The topological polar surface area (TPSA) is 32.5 Å². The first-order valence-corrected chi connectivity index (χ1v) is 7.18.